The molecule has 7 nitrogen and oxygen atoms in total. The average Bonchev–Trinajstić information content (AvgIpc) is 2.88. The summed E-state index contributed by atoms with van der Waals surface area (Å²) in [6.45, 7) is 1.50. The van der Waals surface area contributed by atoms with E-state index in [1.807, 2.05) is 0 Å². The molecule has 1 aliphatic rings. The molecule has 0 saturated carbocycles. The molecule has 2 aromatic rings. The monoisotopic (exact) mass is 400 g/mol. The largest absolute Gasteiger partial charge is 0.497 e. The Labute approximate surface area is 166 Å². The van der Waals surface area contributed by atoms with E-state index in [4.69, 9.17) is 9.47 Å². The lowest BCUT2D eigenvalue weighted by atomic mass is 10.2. The van der Waals surface area contributed by atoms with Gasteiger partial charge in [0.1, 0.15) is 5.75 Å². The number of methoxy groups -OCH3 is 1. The SMILES string of the molecule is COc1ccc(NC(=O)[C@@H](C)OC(=O)c2ccc3c(c2)NC(=O)CCS3)cc1. The van der Waals surface area contributed by atoms with E-state index in [0.29, 0.717) is 29.3 Å². The summed E-state index contributed by atoms with van der Waals surface area (Å²) in [6, 6.07) is 11.8. The number of carbonyl (C=O) groups excluding carboxylic acids is 3. The molecule has 1 atom stereocenters. The van der Waals surface area contributed by atoms with Crippen molar-refractivity contribution in [3.8, 4) is 5.75 Å². The fourth-order valence-electron chi connectivity index (χ4n) is 2.55. The van der Waals surface area contributed by atoms with Crippen LogP contribution in [0.25, 0.3) is 0 Å². The molecule has 0 saturated heterocycles. The van der Waals surface area contributed by atoms with E-state index in [9.17, 15) is 14.4 Å². The van der Waals surface area contributed by atoms with Gasteiger partial charge in [-0.2, -0.15) is 0 Å². The summed E-state index contributed by atoms with van der Waals surface area (Å²) >= 11 is 1.55. The van der Waals surface area contributed by atoms with E-state index in [1.54, 1.807) is 61.3 Å². The number of esters is 1. The molecule has 146 valence electrons. The van der Waals surface area contributed by atoms with Crippen LogP contribution < -0.4 is 15.4 Å². The number of nitrogens with one attached hydrogen (secondary N) is 2. The smallest absolute Gasteiger partial charge is 0.338 e. The van der Waals surface area contributed by atoms with E-state index in [0.717, 1.165) is 4.90 Å². The molecule has 0 aromatic heterocycles. The molecule has 0 spiro atoms. The summed E-state index contributed by atoms with van der Waals surface area (Å²) in [5.74, 6) is 0.182. The Bertz CT molecular complexity index is 898. The summed E-state index contributed by atoms with van der Waals surface area (Å²) in [6.07, 6.45) is -0.570. The number of thioether (sulfide) groups is 1. The number of benzene rings is 2. The highest BCUT2D eigenvalue weighted by Crippen LogP contribution is 2.31. The number of carbonyl (C=O) groups is 3. The number of hydrogen-bond acceptors (Lipinski definition) is 6. The van der Waals surface area contributed by atoms with E-state index in [-0.39, 0.29) is 11.5 Å². The molecule has 0 fully saturated rings. The van der Waals surface area contributed by atoms with E-state index >= 15 is 0 Å². The van der Waals surface area contributed by atoms with Crippen LogP contribution in [0.4, 0.5) is 11.4 Å². The van der Waals surface area contributed by atoms with Crippen molar-refractivity contribution in [1.29, 1.82) is 0 Å². The van der Waals surface area contributed by atoms with Crippen molar-refractivity contribution in [2.24, 2.45) is 0 Å². The maximum absolute atomic E-state index is 12.4. The van der Waals surface area contributed by atoms with Crippen LogP contribution in [0.15, 0.2) is 47.4 Å². The lowest BCUT2D eigenvalue weighted by Gasteiger charge is -2.14. The van der Waals surface area contributed by atoms with Crippen LogP contribution in [-0.2, 0) is 14.3 Å². The minimum Gasteiger partial charge on any atom is -0.497 e. The quantitative estimate of drug-likeness (QED) is 0.748. The topological polar surface area (TPSA) is 93.7 Å². The molecule has 0 unspecified atom stereocenters. The Morgan fingerprint density at radius 1 is 1.18 bits per heavy atom. The Balaban J connectivity index is 1.63. The van der Waals surface area contributed by atoms with Crippen molar-refractivity contribution >= 4 is 40.9 Å². The predicted molar refractivity (Wildman–Crippen MR) is 107 cm³/mol. The fraction of sp³-hybridized carbons (Fsp3) is 0.250. The Morgan fingerprint density at radius 2 is 1.93 bits per heavy atom. The molecule has 0 radical (unpaired) electrons. The maximum atomic E-state index is 12.4. The van der Waals surface area contributed by atoms with Gasteiger partial charge in [-0.25, -0.2) is 4.79 Å². The molecule has 2 amide bonds. The predicted octanol–water partition coefficient (Wildman–Crippen LogP) is 3.31. The van der Waals surface area contributed by atoms with Crippen molar-refractivity contribution in [3.63, 3.8) is 0 Å². The molecular weight excluding hydrogens is 380 g/mol. The summed E-state index contributed by atoms with van der Waals surface area (Å²) in [4.78, 5) is 37.3. The standard InChI is InChI=1S/C20H20N2O5S/c1-12(19(24)21-14-4-6-15(26-2)7-5-14)27-20(25)13-3-8-17-16(11-13)22-18(23)9-10-28-17/h3-8,11-12H,9-10H2,1-2H3,(H,21,24)(H,22,23)/t12-/m1/s1. The zero-order valence-corrected chi connectivity index (χ0v) is 16.3. The molecule has 2 aromatic carbocycles. The zero-order valence-electron chi connectivity index (χ0n) is 15.5. The van der Waals surface area contributed by atoms with Crippen molar-refractivity contribution in [3.05, 3.63) is 48.0 Å². The van der Waals surface area contributed by atoms with Gasteiger partial charge in [0.25, 0.3) is 5.91 Å². The number of hydrogen-bond donors (Lipinski definition) is 2. The lowest BCUT2D eigenvalue weighted by Crippen LogP contribution is -2.30. The first-order valence-electron chi connectivity index (χ1n) is 8.69. The van der Waals surface area contributed by atoms with Gasteiger partial charge in [0.05, 0.1) is 18.4 Å². The van der Waals surface area contributed by atoms with Gasteiger partial charge in [0.15, 0.2) is 6.10 Å². The highest BCUT2D eigenvalue weighted by molar-refractivity contribution is 7.99. The molecule has 28 heavy (non-hydrogen) atoms. The third kappa shape index (κ3) is 4.83. The maximum Gasteiger partial charge on any atom is 0.338 e. The Morgan fingerprint density at radius 3 is 2.64 bits per heavy atom. The second-order valence-electron chi connectivity index (χ2n) is 6.12. The van der Waals surface area contributed by atoms with Gasteiger partial charge in [-0.3, -0.25) is 9.59 Å². The molecule has 1 heterocycles. The van der Waals surface area contributed by atoms with Crippen molar-refractivity contribution < 1.29 is 23.9 Å². The fourth-order valence-corrected chi connectivity index (χ4v) is 3.48. The summed E-state index contributed by atoms with van der Waals surface area (Å²) in [5, 5.41) is 5.46. The van der Waals surface area contributed by atoms with Crippen LogP contribution in [0.1, 0.15) is 23.7 Å². The van der Waals surface area contributed by atoms with Gasteiger partial charge >= 0.3 is 5.97 Å². The van der Waals surface area contributed by atoms with Crippen LogP contribution >= 0.6 is 11.8 Å². The molecule has 2 N–H and O–H groups in total. The summed E-state index contributed by atoms with van der Waals surface area (Å²) < 4.78 is 10.3. The first kappa shape index (κ1) is 19.8. The second kappa shape index (κ2) is 8.79. The second-order valence-corrected chi connectivity index (χ2v) is 7.26. The van der Waals surface area contributed by atoms with E-state index < -0.39 is 18.0 Å². The summed E-state index contributed by atoms with van der Waals surface area (Å²) in [5.41, 5.74) is 1.42. The van der Waals surface area contributed by atoms with Crippen molar-refractivity contribution in [2.45, 2.75) is 24.3 Å². The van der Waals surface area contributed by atoms with Gasteiger partial charge in [-0.1, -0.05) is 0 Å². The average molecular weight is 400 g/mol. The van der Waals surface area contributed by atoms with Crippen LogP contribution in [0.2, 0.25) is 0 Å². The zero-order chi connectivity index (χ0) is 20.1. The van der Waals surface area contributed by atoms with Crippen molar-refractivity contribution in [2.75, 3.05) is 23.5 Å². The first-order chi connectivity index (χ1) is 13.5. The number of amides is 2. The normalized spacial score (nSPS) is 14.1. The Hall–Kier alpha value is -3.00. The number of fused-ring (bicyclic) bond motifs is 1. The van der Waals surface area contributed by atoms with Gasteiger partial charge in [-0.05, 0) is 49.4 Å². The van der Waals surface area contributed by atoms with Crippen LogP contribution in [0.3, 0.4) is 0 Å². The highest BCUT2D eigenvalue weighted by Gasteiger charge is 2.21. The van der Waals surface area contributed by atoms with Crippen LogP contribution in [0.5, 0.6) is 5.75 Å². The van der Waals surface area contributed by atoms with Crippen LogP contribution in [0, 0.1) is 0 Å². The van der Waals surface area contributed by atoms with Gasteiger partial charge in [-0.15, -0.1) is 11.8 Å². The molecule has 3 rings (SSSR count). The first-order valence-corrected chi connectivity index (χ1v) is 9.67. The highest BCUT2D eigenvalue weighted by atomic mass is 32.2. The minimum absolute atomic E-state index is 0.0935. The van der Waals surface area contributed by atoms with Gasteiger partial charge in [0, 0.05) is 22.8 Å². The van der Waals surface area contributed by atoms with E-state index in [2.05, 4.69) is 10.6 Å². The third-order valence-electron chi connectivity index (χ3n) is 4.09. The molecule has 8 heteroatoms. The lowest BCUT2D eigenvalue weighted by molar-refractivity contribution is -0.123. The van der Waals surface area contributed by atoms with E-state index in [1.165, 1.54) is 6.92 Å². The van der Waals surface area contributed by atoms with Crippen LogP contribution in [-0.4, -0.2) is 36.8 Å². The van der Waals surface area contributed by atoms with Gasteiger partial charge < -0.3 is 20.1 Å². The molecular formula is C20H20N2O5S. The number of anilines is 2. The molecule has 0 aliphatic carbocycles. The minimum atomic E-state index is -0.989. The summed E-state index contributed by atoms with van der Waals surface area (Å²) in [7, 11) is 1.56. The van der Waals surface area contributed by atoms with Gasteiger partial charge in [0.2, 0.25) is 5.91 Å². The third-order valence-corrected chi connectivity index (χ3v) is 5.16. The number of ether oxygens (including phenoxy) is 2. The molecule has 0 bridgehead atoms. The molecule has 1 aliphatic heterocycles. The number of rotatable bonds is 5. The van der Waals surface area contributed by atoms with Crippen molar-refractivity contribution in [1.82, 2.24) is 0 Å². The Kier molecular flexibility index (Phi) is 6.20.